The predicted molar refractivity (Wildman–Crippen MR) is 80.3 cm³/mol. The van der Waals surface area contributed by atoms with E-state index in [4.69, 9.17) is 12.2 Å². The third kappa shape index (κ3) is 10.6. The number of thioether (sulfide) groups is 1. The second-order valence-electron chi connectivity index (χ2n) is 3.70. The molecule has 0 aromatic heterocycles. The summed E-state index contributed by atoms with van der Waals surface area (Å²) < 4.78 is 11.6. The summed E-state index contributed by atoms with van der Waals surface area (Å²) in [5, 5.41) is 4.89. The molecule has 0 fully saturated rings. The van der Waals surface area contributed by atoms with E-state index in [0.29, 0.717) is 5.92 Å². The maximum Gasteiger partial charge on any atom is 0.133 e. The van der Waals surface area contributed by atoms with Crippen LogP contribution >= 0.6 is 24.0 Å². The van der Waals surface area contributed by atoms with Crippen molar-refractivity contribution in [2.24, 2.45) is 5.92 Å². The molecule has 2 unspecified atom stereocenters. The maximum absolute atomic E-state index is 10.7. The molecule has 0 aliphatic rings. The molecule has 0 rings (SSSR count). The molecular formula is C11H21NOS3. The highest BCUT2D eigenvalue weighted by atomic mass is 32.2. The summed E-state index contributed by atoms with van der Waals surface area (Å²) in [6.45, 7) is 5.24. The topological polar surface area (TPSA) is 29.1 Å². The lowest BCUT2D eigenvalue weighted by Crippen LogP contribution is -2.20. The normalized spacial score (nSPS) is 14.9. The summed E-state index contributed by atoms with van der Waals surface area (Å²) in [5.74, 6) is 1.80. The molecule has 5 heteroatoms. The van der Waals surface area contributed by atoms with Crippen LogP contribution in [0.25, 0.3) is 0 Å². The van der Waals surface area contributed by atoms with Crippen LogP contribution < -0.4 is 5.32 Å². The van der Waals surface area contributed by atoms with Gasteiger partial charge in [-0.1, -0.05) is 50.3 Å². The van der Waals surface area contributed by atoms with E-state index in [1.165, 1.54) is 6.42 Å². The molecule has 16 heavy (non-hydrogen) atoms. The van der Waals surface area contributed by atoms with Gasteiger partial charge in [-0.2, -0.15) is 0 Å². The molecule has 0 saturated carbocycles. The maximum atomic E-state index is 10.7. The van der Waals surface area contributed by atoms with Gasteiger partial charge < -0.3 is 5.32 Å². The SMILES string of the molecule is CCC(C)CSC(=S)NCC/C=C/S(C)=O. The fourth-order valence-electron chi connectivity index (χ4n) is 0.848. The van der Waals surface area contributed by atoms with Crippen molar-refractivity contribution >= 4 is 39.1 Å². The lowest BCUT2D eigenvalue weighted by Gasteiger charge is -2.09. The fraction of sp³-hybridized carbons (Fsp3) is 0.727. The molecule has 0 heterocycles. The Kier molecular flexibility index (Phi) is 10.4. The Hall–Kier alpha value is 0.130. The average Bonchev–Trinajstić information content (AvgIpc) is 2.24. The Labute approximate surface area is 111 Å². The Balaban J connectivity index is 3.47. The van der Waals surface area contributed by atoms with Crippen molar-refractivity contribution < 1.29 is 4.21 Å². The molecule has 0 aliphatic carbocycles. The molecular weight excluding hydrogens is 258 g/mol. The summed E-state index contributed by atoms with van der Waals surface area (Å²) in [6.07, 6.45) is 5.64. The predicted octanol–water partition coefficient (Wildman–Crippen LogP) is 2.92. The van der Waals surface area contributed by atoms with Crippen LogP contribution in [0.2, 0.25) is 0 Å². The molecule has 94 valence electrons. The van der Waals surface area contributed by atoms with Gasteiger partial charge in [0.05, 0.1) is 0 Å². The first-order valence-electron chi connectivity index (χ1n) is 5.45. The van der Waals surface area contributed by atoms with Crippen molar-refractivity contribution in [1.29, 1.82) is 0 Å². The smallest absolute Gasteiger partial charge is 0.133 e. The molecule has 2 atom stereocenters. The van der Waals surface area contributed by atoms with E-state index in [9.17, 15) is 4.21 Å². The Bertz CT molecular complexity index is 254. The summed E-state index contributed by atoms with van der Waals surface area (Å²) in [4.78, 5) is 0. The van der Waals surface area contributed by atoms with Crippen LogP contribution in [0.1, 0.15) is 26.7 Å². The fourth-order valence-corrected chi connectivity index (χ4v) is 2.44. The summed E-state index contributed by atoms with van der Waals surface area (Å²) in [5.41, 5.74) is 0. The molecule has 0 aromatic rings. The number of rotatable bonds is 7. The minimum atomic E-state index is -0.837. The van der Waals surface area contributed by atoms with Gasteiger partial charge in [0.1, 0.15) is 4.32 Å². The summed E-state index contributed by atoms with van der Waals surface area (Å²) in [6, 6.07) is 0. The van der Waals surface area contributed by atoms with Gasteiger partial charge in [0.25, 0.3) is 0 Å². The van der Waals surface area contributed by atoms with Gasteiger partial charge in [0.2, 0.25) is 0 Å². The van der Waals surface area contributed by atoms with Crippen LogP contribution in [0.5, 0.6) is 0 Å². The van der Waals surface area contributed by atoms with Crippen molar-refractivity contribution in [3.05, 3.63) is 11.5 Å². The molecule has 0 aromatic carbocycles. The highest BCUT2D eigenvalue weighted by molar-refractivity contribution is 8.22. The van der Waals surface area contributed by atoms with Crippen LogP contribution in [0.3, 0.4) is 0 Å². The van der Waals surface area contributed by atoms with Gasteiger partial charge in [-0.05, 0) is 17.7 Å². The highest BCUT2D eigenvalue weighted by Gasteiger charge is 2.01. The van der Waals surface area contributed by atoms with Crippen molar-refractivity contribution in [2.75, 3.05) is 18.6 Å². The van der Waals surface area contributed by atoms with Crippen LogP contribution in [-0.2, 0) is 10.8 Å². The Morgan fingerprint density at radius 1 is 1.62 bits per heavy atom. The second-order valence-corrected chi connectivity index (χ2v) is 6.66. The van der Waals surface area contributed by atoms with E-state index in [-0.39, 0.29) is 0 Å². The standard InChI is InChI=1S/C11H21NOS3/c1-4-10(2)9-15-11(14)12-7-5-6-8-16(3)13/h6,8,10H,4-5,7,9H2,1-3H3,(H,12,14)/b8-6+. The van der Waals surface area contributed by atoms with Gasteiger partial charge in [-0.25, -0.2) is 0 Å². The van der Waals surface area contributed by atoms with Gasteiger partial charge >= 0.3 is 0 Å². The second kappa shape index (κ2) is 10.3. The monoisotopic (exact) mass is 279 g/mol. The van der Waals surface area contributed by atoms with E-state index in [2.05, 4.69) is 19.2 Å². The lowest BCUT2D eigenvalue weighted by atomic mass is 10.2. The van der Waals surface area contributed by atoms with Gasteiger partial charge in [0, 0.05) is 29.4 Å². The molecule has 1 N–H and O–H groups in total. The van der Waals surface area contributed by atoms with Crippen LogP contribution in [-0.4, -0.2) is 27.1 Å². The zero-order valence-corrected chi connectivity index (χ0v) is 12.6. The molecule has 0 amide bonds. The van der Waals surface area contributed by atoms with E-state index in [1.54, 1.807) is 23.4 Å². The van der Waals surface area contributed by atoms with E-state index < -0.39 is 10.8 Å². The minimum Gasteiger partial charge on any atom is -0.371 e. The molecule has 0 radical (unpaired) electrons. The van der Waals surface area contributed by atoms with Gasteiger partial charge in [0.15, 0.2) is 0 Å². The first-order valence-corrected chi connectivity index (χ1v) is 8.47. The first-order chi connectivity index (χ1) is 7.56. The molecule has 0 bridgehead atoms. The molecule has 0 spiro atoms. The number of hydrogen-bond donors (Lipinski definition) is 1. The van der Waals surface area contributed by atoms with Gasteiger partial charge in [-0.15, -0.1) is 0 Å². The summed E-state index contributed by atoms with van der Waals surface area (Å²) in [7, 11) is -0.837. The third-order valence-electron chi connectivity index (χ3n) is 2.06. The van der Waals surface area contributed by atoms with Gasteiger partial charge in [-0.3, -0.25) is 4.21 Å². The molecule has 2 nitrogen and oxygen atoms in total. The number of nitrogens with one attached hydrogen (secondary N) is 1. The van der Waals surface area contributed by atoms with E-state index in [0.717, 1.165) is 23.0 Å². The largest absolute Gasteiger partial charge is 0.371 e. The minimum absolute atomic E-state index is 0.715. The highest BCUT2D eigenvalue weighted by Crippen LogP contribution is 2.11. The van der Waals surface area contributed by atoms with E-state index in [1.807, 2.05) is 6.08 Å². The number of thiocarbonyl (C=S) groups is 1. The van der Waals surface area contributed by atoms with Crippen molar-refractivity contribution in [3.63, 3.8) is 0 Å². The molecule has 0 saturated heterocycles. The average molecular weight is 279 g/mol. The van der Waals surface area contributed by atoms with Crippen LogP contribution in [0.4, 0.5) is 0 Å². The zero-order valence-electron chi connectivity index (χ0n) is 10.2. The molecule has 0 aliphatic heterocycles. The summed E-state index contributed by atoms with van der Waals surface area (Å²) >= 11 is 6.90. The van der Waals surface area contributed by atoms with Crippen molar-refractivity contribution in [1.82, 2.24) is 5.32 Å². The number of hydrogen-bond acceptors (Lipinski definition) is 3. The van der Waals surface area contributed by atoms with Crippen LogP contribution in [0, 0.1) is 5.92 Å². The lowest BCUT2D eigenvalue weighted by molar-refractivity contribution is 0.638. The van der Waals surface area contributed by atoms with Crippen LogP contribution in [0.15, 0.2) is 11.5 Å². The quantitative estimate of drug-likeness (QED) is 0.573. The van der Waals surface area contributed by atoms with Crippen molar-refractivity contribution in [2.45, 2.75) is 26.7 Å². The Morgan fingerprint density at radius 3 is 2.88 bits per heavy atom. The van der Waals surface area contributed by atoms with Crippen molar-refractivity contribution in [3.8, 4) is 0 Å². The van der Waals surface area contributed by atoms with E-state index >= 15 is 0 Å². The zero-order chi connectivity index (χ0) is 12.4. The third-order valence-corrected chi connectivity index (χ3v) is 4.28. The Morgan fingerprint density at radius 2 is 2.31 bits per heavy atom. The first kappa shape index (κ1) is 16.1.